The first kappa shape index (κ1) is 15.6. The van der Waals surface area contributed by atoms with Crippen molar-refractivity contribution in [1.82, 2.24) is 5.32 Å². The minimum Gasteiger partial charge on any atom is -0.388 e. The maximum Gasteiger partial charge on any atom is 0.319 e. The van der Waals surface area contributed by atoms with Crippen LogP contribution in [0.15, 0.2) is 24.3 Å². The highest BCUT2D eigenvalue weighted by molar-refractivity contribution is 5.89. The molecule has 0 aliphatic heterocycles. The summed E-state index contributed by atoms with van der Waals surface area (Å²) in [6.07, 6.45) is 3.60. The van der Waals surface area contributed by atoms with Crippen LogP contribution in [0.25, 0.3) is 0 Å². The average Bonchev–Trinajstić information content (AvgIpc) is 2.92. The largest absolute Gasteiger partial charge is 0.388 e. The zero-order chi connectivity index (χ0) is 15.3. The van der Waals surface area contributed by atoms with Gasteiger partial charge in [-0.2, -0.15) is 0 Å². The molecule has 0 radical (unpaired) electrons. The number of urea groups is 1. The van der Waals surface area contributed by atoms with E-state index in [0.717, 1.165) is 43.6 Å². The van der Waals surface area contributed by atoms with Crippen molar-refractivity contribution in [1.29, 1.82) is 0 Å². The van der Waals surface area contributed by atoms with Crippen molar-refractivity contribution in [2.24, 2.45) is 0 Å². The van der Waals surface area contributed by atoms with Gasteiger partial charge in [0, 0.05) is 31.5 Å². The second-order valence-corrected chi connectivity index (χ2v) is 5.80. The lowest BCUT2D eigenvalue weighted by Crippen LogP contribution is -2.42. The number of nitrogens with one attached hydrogen (secondary N) is 2. The Kier molecular flexibility index (Phi) is 5.07. The van der Waals surface area contributed by atoms with Crippen molar-refractivity contribution in [2.45, 2.75) is 38.2 Å². The zero-order valence-corrected chi connectivity index (χ0v) is 12.9. The third-order valence-corrected chi connectivity index (χ3v) is 4.13. The number of rotatable bonds is 5. The quantitative estimate of drug-likeness (QED) is 0.781. The van der Waals surface area contributed by atoms with Crippen molar-refractivity contribution < 1.29 is 9.90 Å². The van der Waals surface area contributed by atoms with Gasteiger partial charge in [-0.3, -0.25) is 0 Å². The summed E-state index contributed by atoms with van der Waals surface area (Å²) in [5.41, 5.74) is 1.09. The van der Waals surface area contributed by atoms with Crippen LogP contribution in [-0.4, -0.2) is 36.9 Å². The molecule has 1 fully saturated rings. The van der Waals surface area contributed by atoms with E-state index < -0.39 is 5.60 Å². The van der Waals surface area contributed by atoms with Crippen molar-refractivity contribution in [2.75, 3.05) is 30.4 Å². The first-order chi connectivity index (χ1) is 10.0. The molecule has 2 amide bonds. The molecular weight excluding hydrogens is 266 g/mol. The monoisotopic (exact) mass is 291 g/mol. The molecule has 0 aromatic heterocycles. The van der Waals surface area contributed by atoms with E-state index in [1.807, 2.05) is 31.3 Å². The molecule has 5 nitrogen and oxygen atoms in total. The summed E-state index contributed by atoms with van der Waals surface area (Å²) in [4.78, 5) is 14.0. The van der Waals surface area contributed by atoms with Gasteiger partial charge in [-0.1, -0.05) is 18.9 Å². The van der Waals surface area contributed by atoms with Crippen LogP contribution in [0, 0.1) is 0 Å². The fourth-order valence-corrected chi connectivity index (χ4v) is 2.63. The Labute approximate surface area is 126 Å². The van der Waals surface area contributed by atoms with E-state index in [4.69, 9.17) is 0 Å². The molecular formula is C16H25N3O2. The van der Waals surface area contributed by atoms with E-state index in [0.29, 0.717) is 6.54 Å². The van der Waals surface area contributed by atoms with Gasteiger partial charge < -0.3 is 20.6 Å². The molecule has 0 atom stereocenters. The highest BCUT2D eigenvalue weighted by Gasteiger charge is 2.31. The molecule has 5 heteroatoms. The topological polar surface area (TPSA) is 64.6 Å². The molecule has 0 bridgehead atoms. The van der Waals surface area contributed by atoms with Gasteiger partial charge >= 0.3 is 6.03 Å². The molecule has 0 heterocycles. The number of nitrogens with zero attached hydrogens (tertiary/aromatic N) is 1. The summed E-state index contributed by atoms with van der Waals surface area (Å²) in [7, 11) is 2.01. The number of hydrogen-bond acceptors (Lipinski definition) is 3. The summed E-state index contributed by atoms with van der Waals surface area (Å²) in [5.74, 6) is 0. The van der Waals surface area contributed by atoms with Crippen molar-refractivity contribution in [3.8, 4) is 0 Å². The van der Waals surface area contributed by atoms with Crippen LogP contribution in [-0.2, 0) is 0 Å². The van der Waals surface area contributed by atoms with E-state index in [9.17, 15) is 9.90 Å². The lowest BCUT2D eigenvalue weighted by Gasteiger charge is -2.22. The van der Waals surface area contributed by atoms with Crippen LogP contribution in [0.1, 0.15) is 32.6 Å². The molecule has 1 saturated carbocycles. The number of carbonyl (C=O) groups is 1. The Hall–Kier alpha value is -1.75. The summed E-state index contributed by atoms with van der Waals surface area (Å²) < 4.78 is 0. The minimum absolute atomic E-state index is 0.272. The number of benzene rings is 1. The van der Waals surface area contributed by atoms with Gasteiger partial charge in [0.15, 0.2) is 0 Å². The highest BCUT2D eigenvalue weighted by Crippen LogP contribution is 2.28. The minimum atomic E-state index is -0.721. The molecule has 1 aromatic carbocycles. The molecule has 1 aromatic rings. The van der Waals surface area contributed by atoms with E-state index in [-0.39, 0.29) is 6.03 Å². The van der Waals surface area contributed by atoms with Crippen molar-refractivity contribution >= 4 is 17.4 Å². The van der Waals surface area contributed by atoms with Crippen LogP contribution >= 0.6 is 0 Å². The summed E-state index contributed by atoms with van der Waals surface area (Å²) in [6, 6.07) is 7.45. The van der Waals surface area contributed by atoms with Crippen LogP contribution in [0.4, 0.5) is 16.2 Å². The Bertz CT molecular complexity index is 484. The van der Waals surface area contributed by atoms with E-state index in [2.05, 4.69) is 22.5 Å². The molecule has 0 unspecified atom stereocenters. The van der Waals surface area contributed by atoms with Gasteiger partial charge in [-0.15, -0.1) is 0 Å². The van der Waals surface area contributed by atoms with Gasteiger partial charge in [0.05, 0.1) is 5.60 Å². The van der Waals surface area contributed by atoms with Gasteiger partial charge in [0.1, 0.15) is 0 Å². The first-order valence-corrected chi connectivity index (χ1v) is 7.61. The maximum absolute atomic E-state index is 11.9. The standard InChI is InChI=1S/C16H25N3O2/c1-3-19(2)14-8-6-7-13(11-14)18-15(20)17-12-16(21)9-4-5-10-16/h6-8,11,21H,3-5,9-10,12H2,1-2H3,(H2,17,18,20). The molecule has 0 saturated heterocycles. The number of carbonyl (C=O) groups excluding carboxylic acids is 1. The third kappa shape index (κ3) is 4.36. The molecule has 116 valence electrons. The smallest absolute Gasteiger partial charge is 0.319 e. The van der Waals surface area contributed by atoms with Gasteiger partial charge in [0.25, 0.3) is 0 Å². The second kappa shape index (κ2) is 6.80. The summed E-state index contributed by atoms with van der Waals surface area (Å²) in [6.45, 7) is 3.30. The fraction of sp³-hybridized carbons (Fsp3) is 0.562. The molecule has 0 spiro atoms. The van der Waals surface area contributed by atoms with Crippen LogP contribution in [0.5, 0.6) is 0 Å². The second-order valence-electron chi connectivity index (χ2n) is 5.80. The third-order valence-electron chi connectivity index (χ3n) is 4.13. The predicted octanol–water partition coefficient (Wildman–Crippen LogP) is 2.57. The van der Waals surface area contributed by atoms with Crippen LogP contribution in [0.2, 0.25) is 0 Å². The number of hydrogen-bond donors (Lipinski definition) is 3. The average molecular weight is 291 g/mol. The van der Waals surface area contributed by atoms with Gasteiger partial charge in [-0.25, -0.2) is 4.79 Å². The van der Waals surface area contributed by atoms with E-state index in [1.54, 1.807) is 0 Å². The number of amides is 2. The lowest BCUT2D eigenvalue weighted by atomic mass is 10.0. The van der Waals surface area contributed by atoms with Gasteiger partial charge in [-0.05, 0) is 38.0 Å². The molecule has 2 rings (SSSR count). The van der Waals surface area contributed by atoms with Gasteiger partial charge in [0.2, 0.25) is 0 Å². The highest BCUT2D eigenvalue weighted by atomic mass is 16.3. The summed E-state index contributed by atoms with van der Waals surface area (Å²) >= 11 is 0. The molecule has 3 N–H and O–H groups in total. The molecule has 21 heavy (non-hydrogen) atoms. The SMILES string of the molecule is CCN(C)c1cccc(NC(=O)NCC2(O)CCCC2)c1. The molecule has 1 aliphatic rings. The van der Waals surface area contributed by atoms with Crippen molar-refractivity contribution in [3.63, 3.8) is 0 Å². The predicted molar refractivity (Wildman–Crippen MR) is 85.8 cm³/mol. The zero-order valence-electron chi connectivity index (χ0n) is 12.9. The normalized spacial score (nSPS) is 16.5. The van der Waals surface area contributed by atoms with E-state index in [1.165, 1.54) is 0 Å². The number of aliphatic hydroxyl groups is 1. The Morgan fingerprint density at radius 1 is 1.38 bits per heavy atom. The first-order valence-electron chi connectivity index (χ1n) is 7.61. The fourth-order valence-electron chi connectivity index (χ4n) is 2.63. The maximum atomic E-state index is 11.9. The van der Waals surface area contributed by atoms with E-state index >= 15 is 0 Å². The Balaban J connectivity index is 1.87. The molecule has 1 aliphatic carbocycles. The van der Waals surface area contributed by atoms with Crippen LogP contribution in [0.3, 0.4) is 0 Å². The number of anilines is 2. The Morgan fingerprint density at radius 2 is 2.10 bits per heavy atom. The Morgan fingerprint density at radius 3 is 2.76 bits per heavy atom. The lowest BCUT2D eigenvalue weighted by molar-refractivity contribution is 0.0506. The van der Waals surface area contributed by atoms with Crippen molar-refractivity contribution in [3.05, 3.63) is 24.3 Å². The van der Waals surface area contributed by atoms with Crippen LogP contribution < -0.4 is 15.5 Å². The summed E-state index contributed by atoms with van der Waals surface area (Å²) in [5, 5.41) is 15.8.